The van der Waals surface area contributed by atoms with Gasteiger partial charge in [0.1, 0.15) is 24.4 Å². The number of nitrogens with two attached hydrogens (primary N) is 1. The standard InChI is InChI=1S/C27H29N3O5S/c28-25(32)23(15-19-11-13-22(31)14-12-19)29-26(33)24(18-36-17-21-9-5-2-6-10-21)30-27(34)35-16-20-7-3-1-4-8-20/h1-14,23-24,31H,15-18H2,(H2,28,32)(H,29,33)(H,30,34)/t23-,24+/m0/s1. The summed E-state index contributed by atoms with van der Waals surface area (Å²) in [6.45, 7) is 0.0585. The Morgan fingerprint density at radius 3 is 2.03 bits per heavy atom. The summed E-state index contributed by atoms with van der Waals surface area (Å²) in [5.74, 6) is -0.273. The van der Waals surface area contributed by atoms with Gasteiger partial charge in [-0.25, -0.2) is 4.79 Å². The van der Waals surface area contributed by atoms with Crippen molar-refractivity contribution in [3.63, 3.8) is 0 Å². The average Bonchev–Trinajstić information content (AvgIpc) is 2.89. The first-order chi connectivity index (χ1) is 17.4. The number of carbonyl (C=O) groups is 3. The minimum absolute atomic E-state index is 0.0585. The zero-order chi connectivity index (χ0) is 25.8. The molecule has 0 bridgehead atoms. The van der Waals surface area contributed by atoms with Crippen LogP contribution in [0.1, 0.15) is 16.7 Å². The summed E-state index contributed by atoms with van der Waals surface area (Å²) < 4.78 is 5.28. The van der Waals surface area contributed by atoms with Gasteiger partial charge >= 0.3 is 6.09 Å². The number of phenolic OH excluding ortho intramolecular Hbond substituents is 1. The van der Waals surface area contributed by atoms with Crippen molar-refractivity contribution in [1.82, 2.24) is 10.6 Å². The Balaban J connectivity index is 1.63. The second-order valence-corrected chi connectivity index (χ2v) is 9.12. The van der Waals surface area contributed by atoms with Crippen LogP contribution in [0, 0.1) is 0 Å². The van der Waals surface area contributed by atoms with E-state index in [1.165, 1.54) is 23.9 Å². The van der Waals surface area contributed by atoms with E-state index in [2.05, 4.69) is 10.6 Å². The number of benzene rings is 3. The lowest BCUT2D eigenvalue weighted by atomic mass is 10.0. The minimum atomic E-state index is -0.995. The van der Waals surface area contributed by atoms with Gasteiger partial charge in [-0.1, -0.05) is 72.8 Å². The van der Waals surface area contributed by atoms with Crippen LogP contribution in [0.3, 0.4) is 0 Å². The van der Waals surface area contributed by atoms with Gasteiger partial charge in [0.05, 0.1) is 0 Å². The third-order valence-electron chi connectivity index (χ3n) is 5.25. The molecule has 0 spiro atoms. The molecule has 0 aliphatic carbocycles. The third-order valence-corrected chi connectivity index (χ3v) is 6.36. The van der Waals surface area contributed by atoms with E-state index in [4.69, 9.17) is 10.5 Å². The highest BCUT2D eigenvalue weighted by Crippen LogP contribution is 2.14. The molecule has 9 heteroatoms. The normalized spacial score (nSPS) is 12.2. The summed E-state index contributed by atoms with van der Waals surface area (Å²) >= 11 is 1.47. The Labute approximate surface area is 214 Å². The molecular formula is C27H29N3O5S. The van der Waals surface area contributed by atoms with E-state index in [0.29, 0.717) is 11.3 Å². The van der Waals surface area contributed by atoms with Crippen molar-refractivity contribution in [2.24, 2.45) is 5.73 Å². The van der Waals surface area contributed by atoms with Crippen LogP contribution in [0.5, 0.6) is 5.75 Å². The van der Waals surface area contributed by atoms with Crippen LogP contribution in [0.25, 0.3) is 0 Å². The van der Waals surface area contributed by atoms with E-state index in [-0.39, 0.29) is 24.5 Å². The van der Waals surface area contributed by atoms with Crippen molar-refractivity contribution in [3.05, 3.63) is 102 Å². The number of aromatic hydroxyl groups is 1. The largest absolute Gasteiger partial charge is 0.508 e. The summed E-state index contributed by atoms with van der Waals surface area (Å²) in [6.07, 6.45) is -0.600. The number of amides is 3. The quantitative estimate of drug-likeness (QED) is 0.298. The number of thioether (sulfide) groups is 1. The van der Waals surface area contributed by atoms with Gasteiger partial charge in [-0.05, 0) is 28.8 Å². The van der Waals surface area contributed by atoms with Gasteiger partial charge in [-0.3, -0.25) is 9.59 Å². The molecule has 3 aromatic carbocycles. The van der Waals surface area contributed by atoms with Crippen LogP contribution in [0.2, 0.25) is 0 Å². The summed E-state index contributed by atoms with van der Waals surface area (Å²) in [5, 5.41) is 14.7. The van der Waals surface area contributed by atoms with Crippen molar-refractivity contribution in [2.75, 3.05) is 5.75 Å². The first-order valence-corrected chi connectivity index (χ1v) is 12.5. The summed E-state index contributed by atoms with van der Waals surface area (Å²) in [5.41, 5.74) is 8.14. The molecule has 0 radical (unpaired) electrons. The van der Waals surface area contributed by atoms with E-state index in [0.717, 1.165) is 11.1 Å². The smallest absolute Gasteiger partial charge is 0.408 e. The highest BCUT2D eigenvalue weighted by atomic mass is 32.2. The van der Waals surface area contributed by atoms with E-state index >= 15 is 0 Å². The highest BCUT2D eigenvalue weighted by molar-refractivity contribution is 7.98. The number of hydrogen-bond acceptors (Lipinski definition) is 6. The summed E-state index contributed by atoms with van der Waals surface area (Å²) in [4.78, 5) is 37.6. The number of primary amides is 1. The van der Waals surface area contributed by atoms with Gasteiger partial charge < -0.3 is 26.2 Å². The molecule has 188 valence electrons. The second-order valence-electron chi connectivity index (χ2n) is 8.09. The number of hydrogen-bond donors (Lipinski definition) is 4. The maximum atomic E-state index is 13.1. The Morgan fingerprint density at radius 2 is 1.42 bits per heavy atom. The Kier molecular flexibility index (Phi) is 10.2. The molecular weight excluding hydrogens is 478 g/mol. The van der Waals surface area contributed by atoms with Gasteiger partial charge in [0.25, 0.3) is 0 Å². The van der Waals surface area contributed by atoms with E-state index < -0.39 is 30.0 Å². The zero-order valence-corrected chi connectivity index (χ0v) is 20.4. The molecule has 0 aromatic heterocycles. The zero-order valence-electron chi connectivity index (χ0n) is 19.6. The predicted octanol–water partition coefficient (Wildman–Crippen LogP) is 3.13. The number of carbonyl (C=O) groups excluding carboxylic acids is 3. The first kappa shape index (κ1) is 26.6. The Bertz CT molecular complexity index is 1130. The molecule has 5 N–H and O–H groups in total. The van der Waals surface area contributed by atoms with Crippen molar-refractivity contribution in [1.29, 1.82) is 0 Å². The average molecular weight is 508 g/mol. The number of phenols is 1. The molecule has 3 amide bonds. The molecule has 0 fully saturated rings. The Morgan fingerprint density at radius 1 is 0.806 bits per heavy atom. The van der Waals surface area contributed by atoms with Crippen molar-refractivity contribution >= 4 is 29.7 Å². The maximum Gasteiger partial charge on any atom is 0.408 e. The topological polar surface area (TPSA) is 131 Å². The molecule has 0 heterocycles. The Hall–Kier alpha value is -3.98. The van der Waals surface area contributed by atoms with Crippen LogP contribution in [-0.4, -0.2) is 40.9 Å². The fourth-order valence-corrected chi connectivity index (χ4v) is 4.34. The lowest BCUT2D eigenvalue weighted by Crippen LogP contribution is -2.54. The maximum absolute atomic E-state index is 13.1. The van der Waals surface area contributed by atoms with Gasteiger partial charge in [0, 0.05) is 17.9 Å². The monoisotopic (exact) mass is 507 g/mol. The van der Waals surface area contributed by atoms with Crippen LogP contribution < -0.4 is 16.4 Å². The lowest BCUT2D eigenvalue weighted by molar-refractivity contribution is -0.128. The van der Waals surface area contributed by atoms with Gasteiger partial charge in [0.2, 0.25) is 11.8 Å². The molecule has 2 atom stereocenters. The third kappa shape index (κ3) is 8.99. The molecule has 8 nitrogen and oxygen atoms in total. The summed E-state index contributed by atoms with van der Waals surface area (Å²) in [7, 11) is 0. The second kappa shape index (κ2) is 13.8. The predicted molar refractivity (Wildman–Crippen MR) is 139 cm³/mol. The first-order valence-electron chi connectivity index (χ1n) is 11.4. The fraction of sp³-hybridized carbons (Fsp3) is 0.222. The summed E-state index contributed by atoms with van der Waals surface area (Å²) in [6, 6.07) is 23.2. The number of ether oxygens (including phenoxy) is 1. The fourth-order valence-electron chi connectivity index (χ4n) is 3.32. The molecule has 0 aliphatic rings. The molecule has 3 aromatic rings. The van der Waals surface area contributed by atoms with Crippen LogP contribution >= 0.6 is 11.8 Å². The SMILES string of the molecule is NC(=O)[C@H](Cc1ccc(O)cc1)NC(=O)[C@@H](CSCc1ccccc1)NC(=O)OCc1ccccc1. The van der Waals surface area contributed by atoms with Gasteiger partial charge in [0.15, 0.2) is 0 Å². The van der Waals surface area contributed by atoms with Crippen LogP contribution in [0.15, 0.2) is 84.9 Å². The van der Waals surface area contributed by atoms with Crippen molar-refractivity contribution in [3.8, 4) is 5.75 Å². The van der Waals surface area contributed by atoms with Crippen molar-refractivity contribution < 1.29 is 24.2 Å². The molecule has 0 aliphatic heterocycles. The van der Waals surface area contributed by atoms with Crippen LogP contribution in [0.4, 0.5) is 4.79 Å². The lowest BCUT2D eigenvalue weighted by Gasteiger charge is -2.22. The highest BCUT2D eigenvalue weighted by Gasteiger charge is 2.26. The molecule has 36 heavy (non-hydrogen) atoms. The molecule has 0 unspecified atom stereocenters. The van der Waals surface area contributed by atoms with E-state index in [9.17, 15) is 19.5 Å². The van der Waals surface area contributed by atoms with Crippen molar-refractivity contribution in [2.45, 2.75) is 30.9 Å². The van der Waals surface area contributed by atoms with Gasteiger partial charge in [-0.15, -0.1) is 0 Å². The number of nitrogens with one attached hydrogen (secondary N) is 2. The van der Waals surface area contributed by atoms with E-state index in [1.807, 2.05) is 60.7 Å². The molecule has 0 saturated carbocycles. The number of alkyl carbamates (subject to hydrolysis) is 1. The number of rotatable bonds is 12. The van der Waals surface area contributed by atoms with Crippen LogP contribution in [-0.2, 0) is 33.1 Å². The minimum Gasteiger partial charge on any atom is -0.508 e. The molecule has 0 saturated heterocycles. The van der Waals surface area contributed by atoms with E-state index in [1.54, 1.807) is 12.1 Å². The van der Waals surface area contributed by atoms with Gasteiger partial charge in [-0.2, -0.15) is 11.8 Å². The molecule has 3 rings (SSSR count).